The first-order valence-corrected chi connectivity index (χ1v) is 5.41. The molecule has 15 heavy (non-hydrogen) atoms. The number of methoxy groups -OCH3 is 1. The molecule has 80 valence electrons. The van der Waals surface area contributed by atoms with E-state index >= 15 is 0 Å². The summed E-state index contributed by atoms with van der Waals surface area (Å²) in [4.78, 5) is 2.42. The molecule has 1 N–H and O–H groups in total. The Morgan fingerprint density at radius 2 is 2.13 bits per heavy atom. The minimum atomic E-state index is 0.586. The summed E-state index contributed by atoms with van der Waals surface area (Å²) in [6.07, 6.45) is 0. The Balaban J connectivity index is 1.72. The van der Waals surface area contributed by atoms with Crippen molar-refractivity contribution in [1.29, 1.82) is 0 Å². The number of rotatable bonds is 2. The van der Waals surface area contributed by atoms with Crippen molar-refractivity contribution in [2.75, 3.05) is 38.2 Å². The fourth-order valence-corrected chi connectivity index (χ4v) is 2.46. The third kappa shape index (κ3) is 1.38. The highest BCUT2D eigenvalue weighted by atomic mass is 16.5. The maximum atomic E-state index is 5.23. The summed E-state index contributed by atoms with van der Waals surface area (Å²) >= 11 is 0. The van der Waals surface area contributed by atoms with Crippen LogP contribution in [0.5, 0.6) is 5.75 Å². The lowest BCUT2D eigenvalue weighted by molar-refractivity contribution is 0.121. The fraction of sp³-hybridized carbons (Fsp3) is 0.500. The Hall–Kier alpha value is -1.22. The minimum absolute atomic E-state index is 0.586. The zero-order valence-electron chi connectivity index (χ0n) is 8.99. The van der Waals surface area contributed by atoms with Crippen molar-refractivity contribution in [2.24, 2.45) is 5.41 Å². The molecular weight excluding hydrogens is 188 g/mol. The van der Waals surface area contributed by atoms with E-state index < -0.39 is 0 Å². The zero-order chi connectivity index (χ0) is 10.3. The standard InChI is InChI=1S/C12H16N2O/c1-15-11-4-2-3-10(5-11)14-8-12(9-14)6-13-7-12/h2-5,13H,6-9H2,1H3. The van der Waals surface area contributed by atoms with Crippen LogP contribution in [0.25, 0.3) is 0 Å². The fourth-order valence-electron chi connectivity index (χ4n) is 2.46. The van der Waals surface area contributed by atoms with Gasteiger partial charge in [0.05, 0.1) is 7.11 Å². The summed E-state index contributed by atoms with van der Waals surface area (Å²) in [6, 6.07) is 8.31. The van der Waals surface area contributed by atoms with Gasteiger partial charge in [0.15, 0.2) is 0 Å². The maximum Gasteiger partial charge on any atom is 0.120 e. The van der Waals surface area contributed by atoms with Gasteiger partial charge >= 0.3 is 0 Å². The summed E-state index contributed by atoms with van der Waals surface area (Å²) in [5, 5.41) is 3.35. The maximum absolute atomic E-state index is 5.23. The molecule has 3 heteroatoms. The van der Waals surface area contributed by atoms with Gasteiger partial charge in [0.25, 0.3) is 0 Å². The lowest BCUT2D eigenvalue weighted by atomic mass is 9.74. The molecule has 0 aromatic heterocycles. The molecule has 2 aliphatic rings. The van der Waals surface area contributed by atoms with Crippen molar-refractivity contribution in [3.05, 3.63) is 24.3 Å². The number of benzene rings is 1. The van der Waals surface area contributed by atoms with Crippen LogP contribution in [-0.4, -0.2) is 33.3 Å². The minimum Gasteiger partial charge on any atom is -0.497 e. The number of nitrogens with one attached hydrogen (secondary N) is 1. The molecule has 0 saturated carbocycles. The van der Waals surface area contributed by atoms with Crippen molar-refractivity contribution in [2.45, 2.75) is 0 Å². The largest absolute Gasteiger partial charge is 0.497 e. The van der Waals surface area contributed by atoms with E-state index in [0.29, 0.717) is 5.41 Å². The Labute approximate surface area is 90.0 Å². The Morgan fingerprint density at radius 3 is 2.73 bits per heavy atom. The van der Waals surface area contributed by atoms with Crippen LogP contribution in [0.1, 0.15) is 0 Å². The van der Waals surface area contributed by atoms with E-state index in [0.717, 1.165) is 5.75 Å². The molecule has 2 heterocycles. The average molecular weight is 204 g/mol. The van der Waals surface area contributed by atoms with Gasteiger partial charge in [0.1, 0.15) is 5.75 Å². The van der Waals surface area contributed by atoms with Gasteiger partial charge < -0.3 is 15.0 Å². The monoisotopic (exact) mass is 204 g/mol. The van der Waals surface area contributed by atoms with Crippen LogP contribution in [0.3, 0.4) is 0 Å². The van der Waals surface area contributed by atoms with Gasteiger partial charge in [-0.3, -0.25) is 0 Å². The topological polar surface area (TPSA) is 24.5 Å². The summed E-state index contributed by atoms with van der Waals surface area (Å²) in [5.41, 5.74) is 1.87. The molecular formula is C12H16N2O. The van der Waals surface area contributed by atoms with E-state index in [-0.39, 0.29) is 0 Å². The normalized spacial score (nSPS) is 22.1. The second kappa shape index (κ2) is 3.14. The molecule has 0 aliphatic carbocycles. The number of ether oxygens (including phenoxy) is 1. The molecule has 1 spiro atoms. The highest BCUT2D eigenvalue weighted by Gasteiger charge is 2.47. The summed E-state index contributed by atoms with van der Waals surface area (Å²) in [7, 11) is 1.71. The molecule has 2 fully saturated rings. The molecule has 2 aliphatic heterocycles. The van der Waals surface area contributed by atoms with Crippen LogP contribution < -0.4 is 15.0 Å². The van der Waals surface area contributed by atoms with Gasteiger partial charge in [-0.25, -0.2) is 0 Å². The highest BCUT2D eigenvalue weighted by molar-refractivity contribution is 5.54. The molecule has 1 aromatic rings. The van der Waals surface area contributed by atoms with E-state index in [2.05, 4.69) is 28.4 Å². The first kappa shape index (κ1) is 9.04. The van der Waals surface area contributed by atoms with Crippen LogP contribution in [0.4, 0.5) is 5.69 Å². The Morgan fingerprint density at radius 1 is 1.33 bits per heavy atom. The second-order valence-electron chi connectivity index (χ2n) is 4.66. The lowest BCUT2D eigenvalue weighted by Crippen LogP contribution is -2.71. The average Bonchev–Trinajstić information content (AvgIpc) is 2.14. The van der Waals surface area contributed by atoms with Crippen LogP contribution in [-0.2, 0) is 0 Å². The van der Waals surface area contributed by atoms with Crippen molar-refractivity contribution in [3.8, 4) is 5.75 Å². The Kier molecular flexibility index (Phi) is 1.89. The molecule has 0 amide bonds. The van der Waals surface area contributed by atoms with Gasteiger partial charge in [0, 0.05) is 43.3 Å². The summed E-state index contributed by atoms with van der Waals surface area (Å²) < 4.78 is 5.23. The first-order chi connectivity index (χ1) is 7.31. The first-order valence-electron chi connectivity index (χ1n) is 5.41. The highest BCUT2D eigenvalue weighted by Crippen LogP contribution is 2.38. The SMILES string of the molecule is COc1cccc(N2CC3(CNC3)C2)c1. The van der Waals surface area contributed by atoms with Crippen LogP contribution >= 0.6 is 0 Å². The van der Waals surface area contributed by atoms with Gasteiger partial charge in [-0.15, -0.1) is 0 Å². The van der Waals surface area contributed by atoms with Gasteiger partial charge in [-0.2, -0.15) is 0 Å². The molecule has 0 unspecified atom stereocenters. The Bertz CT molecular complexity index is 366. The third-order valence-electron chi connectivity index (χ3n) is 3.47. The molecule has 0 bridgehead atoms. The van der Waals surface area contributed by atoms with Crippen LogP contribution in [0.15, 0.2) is 24.3 Å². The quantitative estimate of drug-likeness (QED) is 0.781. The van der Waals surface area contributed by atoms with E-state index in [4.69, 9.17) is 4.74 Å². The van der Waals surface area contributed by atoms with E-state index in [1.165, 1.54) is 31.9 Å². The molecule has 2 saturated heterocycles. The van der Waals surface area contributed by atoms with E-state index in [1.54, 1.807) is 7.11 Å². The second-order valence-corrected chi connectivity index (χ2v) is 4.66. The van der Waals surface area contributed by atoms with Crippen molar-refractivity contribution in [1.82, 2.24) is 5.32 Å². The molecule has 3 nitrogen and oxygen atoms in total. The smallest absolute Gasteiger partial charge is 0.120 e. The number of anilines is 1. The predicted molar refractivity (Wildman–Crippen MR) is 60.5 cm³/mol. The van der Waals surface area contributed by atoms with Gasteiger partial charge in [-0.1, -0.05) is 6.07 Å². The van der Waals surface area contributed by atoms with Gasteiger partial charge in [0.2, 0.25) is 0 Å². The number of nitrogens with zero attached hydrogens (tertiary/aromatic N) is 1. The summed E-state index contributed by atoms with van der Waals surface area (Å²) in [5.74, 6) is 0.945. The van der Waals surface area contributed by atoms with E-state index in [1.807, 2.05) is 6.07 Å². The van der Waals surface area contributed by atoms with E-state index in [9.17, 15) is 0 Å². The molecule has 1 aromatic carbocycles. The van der Waals surface area contributed by atoms with Crippen LogP contribution in [0.2, 0.25) is 0 Å². The van der Waals surface area contributed by atoms with Crippen LogP contribution in [0, 0.1) is 5.41 Å². The zero-order valence-corrected chi connectivity index (χ0v) is 8.99. The van der Waals surface area contributed by atoms with Gasteiger partial charge in [-0.05, 0) is 12.1 Å². The lowest BCUT2D eigenvalue weighted by Gasteiger charge is -2.57. The molecule has 0 atom stereocenters. The van der Waals surface area contributed by atoms with Crippen molar-refractivity contribution >= 4 is 5.69 Å². The molecule has 0 radical (unpaired) electrons. The molecule has 3 rings (SSSR count). The van der Waals surface area contributed by atoms with Crippen molar-refractivity contribution in [3.63, 3.8) is 0 Å². The number of hydrogen-bond acceptors (Lipinski definition) is 3. The van der Waals surface area contributed by atoms with Crippen molar-refractivity contribution < 1.29 is 4.74 Å². The third-order valence-corrected chi connectivity index (χ3v) is 3.47. The predicted octanol–water partition coefficient (Wildman–Crippen LogP) is 1.10. The summed E-state index contributed by atoms with van der Waals surface area (Å²) in [6.45, 7) is 4.75. The number of hydrogen-bond donors (Lipinski definition) is 1.